The lowest BCUT2D eigenvalue weighted by Gasteiger charge is -2.35. The lowest BCUT2D eigenvalue weighted by molar-refractivity contribution is -0.136. The van der Waals surface area contributed by atoms with Crippen LogP contribution in [-0.2, 0) is 9.59 Å². The van der Waals surface area contributed by atoms with Crippen molar-refractivity contribution < 1.29 is 9.59 Å². The van der Waals surface area contributed by atoms with E-state index in [1.54, 1.807) is 7.05 Å². The third kappa shape index (κ3) is 3.54. The van der Waals surface area contributed by atoms with Gasteiger partial charge in [-0.15, -0.1) is 0 Å². The van der Waals surface area contributed by atoms with Crippen molar-refractivity contribution in [1.82, 2.24) is 15.1 Å². The van der Waals surface area contributed by atoms with Crippen LogP contribution in [0.1, 0.15) is 6.42 Å². The van der Waals surface area contributed by atoms with E-state index in [1.807, 2.05) is 17.1 Å². The molecule has 0 spiro atoms. The topological polar surface area (TPSA) is 78.7 Å². The minimum absolute atomic E-state index is 0.0171. The number of carbonyl (C=O) groups is 2. The third-order valence-corrected chi connectivity index (χ3v) is 3.76. The molecule has 3 N–H and O–H groups in total. The summed E-state index contributed by atoms with van der Waals surface area (Å²) >= 11 is 0. The summed E-state index contributed by atoms with van der Waals surface area (Å²) in [5.41, 5.74) is 5.77. The van der Waals surface area contributed by atoms with Gasteiger partial charge in [0, 0.05) is 39.3 Å². The van der Waals surface area contributed by atoms with E-state index in [1.165, 1.54) is 0 Å². The molecule has 2 unspecified atom stereocenters. The van der Waals surface area contributed by atoms with E-state index < -0.39 is 0 Å². The molecule has 1 aliphatic heterocycles. The Labute approximate surface area is 113 Å². The van der Waals surface area contributed by atoms with Gasteiger partial charge < -0.3 is 16.0 Å². The van der Waals surface area contributed by atoms with E-state index in [-0.39, 0.29) is 23.8 Å². The number of nitrogens with one attached hydrogen (secondary N) is 1. The molecule has 1 aliphatic carbocycles. The molecule has 2 amide bonds. The Balaban J connectivity index is 1.78. The number of hydrogen-bond acceptors (Lipinski definition) is 4. The summed E-state index contributed by atoms with van der Waals surface area (Å²) in [6, 6.07) is 0.0171. The summed E-state index contributed by atoms with van der Waals surface area (Å²) in [6.07, 6.45) is 4.55. The lowest BCUT2D eigenvalue weighted by Crippen LogP contribution is -2.52. The number of piperazine rings is 1. The van der Waals surface area contributed by atoms with Gasteiger partial charge in [0.25, 0.3) is 0 Å². The second-order valence-electron chi connectivity index (χ2n) is 5.17. The van der Waals surface area contributed by atoms with Crippen LogP contribution in [0.15, 0.2) is 12.2 Å². The Kier molecular flexibility index (Phi) is 4.55. The first-order chi connectivity index (χ1) is 9.10. The van der Waals surface area contributed by atoms with Crippen LogP contribution in [0.5, 0.6) is 0 Å². The first-order valence-corrected chi connectivity index (χ1v) is 6.76. The zero-order valence-electron chi connectivity index (χ0n) is 11.3. The van der Waals surface area contributed by atoms with Gasteiger partial charge >= 0.3 is 0 Å². The molecule has 2 aliphatic rings. The summed E-state index contributed by atoms with van der Waals surface area (Å²) < 4.78 is 0. The van der Waals surface area contributed by atoms with Crippen molar-refractivity contribution in [3.8, 4) is 0 Å². The van der Waals surface area contributed by atoms with Gasteiger partial charge in [-0.05, 0) is 6.42 Å². The molecule has 106 valence electrons. The number of nitrogens with zero attached hydrogens (tertiary/aromatic N) is 2. The Morgan fingerprint density at radius 1 is 1.26 bits per heavy atom. The molecule has 0 aromatic heterocycles. The van der Waals surface area contributed by atoms with Crippen molar-refractivity contribution in [2.45, 2.75) is 12.5 Å². The highest BCUT2D eigenvalue weighted by molar-refractivity contribution is 5.81. The number of likely N-dealkylation sites (N-methyl/N-ethyl adjacent to an activating group) is 1. The number of carbonyl (C=O) groups excluding carboxylic acids is 2. The van der Waals surface area contributed by atoms with E-state index in [4.69, 9.17) is 5.73 Å². The molecule has 0 radical (unpaired) electrons. The van der Waals surface area contributed by atoms with Crippen LogP contribution < -0.4 is 11.1 Å². The number of rotatable bonds is 3. The van der Waals surface area contributed by atoms with Crippen LogP contribution in [0.3, 0.4) is 0 Å². The van der Waals surface area contributed by atoms with Crippen molar-refractivity contribution in [3.63, 3.8) is 0 Å². The van der Waals surface area contributed by atoms with Gasteiger partial charge in [-0.1, -0.05) is 12.2 Å². The van der Waals surface area contributed by atoms with Crippen LogP contribution in [0.4, 0.5) is 0 Å². The number of hydrogen-bond donors (Lipinski definition) is 2. The second kappa shape index (κ2) is 6.16. The van der Waals surface area contributed by atoms with Gasteiger partial charge in [0.15, 0.2) is 0 Å². The Bertz CT molecular complexity index is 375. The second-order valence-corrected chi connectivity index (χ2v) is 5.17. The van der Waals surface area contributed by atoms with Crippen molar-refractivity contribution in [3.05, 3.63) is 12.2 Å². The van der Waals surface area contributed by atoms with Crippen molar-refractivity contribution >= 4 is 11.8 Å². The Morgan fingerprint density at radius 3 is 2.47 bits per heavy atom. The minimum Gasteiger partial charge on any atom is -0.358 e. The quantitative estimate of drug-likeness (QED) is 0.628. The highest BCUT2D eigenvalue weighted by Gasteiger charge is 2.29. The summed E-state index contributed by atoms with van der Waals surface area (Å²) in [4.78, 5) is 27.5. The lowest BCUT2D eigenvalue weighted by atomic mass is 10.1. The van der Waals surface area contributed by atoms with Crippen LogP contribution in [0, 0.1) is 5.92 Å². The van der Waals surface area contributed by atoms with E-state index >= 15 is 0 Å². The van der Waals surface area contributed by atoms with Gasteiger partial charge in [-0.3, -0.25) is 14.5 Å². The van der Waals surface area contributed by atoms with Crippen molar-refractivity contribution in [2.24, 2.45) is 11.7 Å². The molecule has 2 rings (SSSR count). The maximum Gasteiger partial charge on any atom is 0.233 e. The van der Waals surface area contributed by atoms with E-state index in [0.717, 1.165) is 19.5 Å². The van der Waals surface area contributed by atoms with Crippen LogP contribution in [0.2, 0.25) is 0 Å². The van der Waals surface area contributed by atoms with Crippen molar-refractivity contribution in [1.29, 1.82) is 0 Å². The summed E-state index contributed by atoms with van der Waals surface area (Å²) in [6.45, 7) is 3.29. The summed E-state index contributed by atoms with van der Waals surface area (Å²) in [5.74, 6) is 0.133. The molecule has 19 heavy (non-hydrogen) atoms. The predicted molar refractivity (Wildman–Crippen MR) is 72.3 cm³/mol. The van der Waals surface area contributed by atoms with Gasteiger partial charge in [-0.25, -0.2) is 0 Å². The fourth-order valence-electron chi connectivity index (χ4n) is 2.55. The van der Waals surface area contributed by atoms with Crippen LogP contribution >= 0.6 is 0 Å². The average molecular weight is 266 g/mol. The molecule has 2 atom stereocenters. The maximum atomic E-state index is 12.3. The van der Waals surface area contributed by atoms with E-state index in [9.17, 15) is 9.59 Å². The van der Waals surface area contributed by atoms with Crippen LogP contribution in [0.25, 0.3) is 0 Å². The molecule has 1 heterocycles. The van der Waals surface area contributed by atoms with Crippen LogP contribution in [-0.4, -0.2) is 67.4 Å². The zero-order chi connectivity index (χ0) is 13.8. The standard InChI is InChI=1S/C13H22N4O2/c1-15-12(18)9-16-4-6-17(7-5-16)13(19)10-2-3-11(14)8-10/h2-3,10-11H,4-9,14H2,1H3,(H,15,18). The molecule has 6 nitrogen and oxygen atoms in total. The molecule has 0 aromatic carbocycles. The normalized spacial score (nSPS) is 27.6. The smallest absolute Gasteiger partial charge is 0.233 e. The fraction of sp³-hybridized carbons (Fsp3) is 0.692. The molecule has 6 heteroatoms. The fourth-order valence-corrected chi connectivity index (χ4v) is 2.55. The van der Waals surface area contributed by atoms with E-state index in [0.29, 0.717) is 19.6 Å². The Hall–Kier alpha value is -1.40. The zero-order valence-corrected chi connectivity index (χ0v) is 11.3. The largest absolute Gasteiger partial charge is 0.358 e. The monoisotopic (exact) mass is 266 g/mol. The van der Waals surface area contributed by atoms with Crippen molar-refractivity contribution in [2.75, 3.05) is 39.8 Å². The first kappa shape index (κ1) is 14.0. The molecule has 1 fully saturated rings. The maximum absolute atomic E-state index is 12.3. The predicted octanol–water partition coefficient (Wildman–Crippen LogP) is -1.22. The summed E-state index contributed by atoms with van der Waals surface area (Å²) in [7, 11) is 1.64. The third-order valence-electron chi connectivity index (χ3n) is 3.76. The van der Waals surface area contributed by atoms with Gasteiger partial charge in [0.2, 0.25) is 11.8 Å². The summed E-state index contributed by atoms with van der Waals surface area (Å²) in [5, 5.41) is 2.61. The SMILES string of the molecule is CNC(=O)CN1CCN(C(=O)C2C=CC(N)C2)CC1. The molecule has 1 saturated heterocycles. The first-order valence-electron chi connectivity index (χ1n) is 6.76. The highest BCUT2D eigenvalue weighted by atomic mass is 16.2. The van der Waals surface area contributed by atoms with Gasteiger partial charge in [0.05, 0.1) is 12.5 Å². The van der Waals surface area contributed by atoms with Gasteiger partial charge in [-0.2, -0.15) is 0 Å². The number of amides is 2. The highest BCUT2D eigenvalue weighted by Crippen LogP contribution is 2.19. The van der Waals surface area contributed by atoms with Gasteiger partial charge in [0.1, 0.15) is 0 Å². The Morgan fingerprint density at radius 2 is 1.95 bits per heavy atom. The van der Waals surface area contributed by atoms with E-state index in [2.05, 4.69) is 10.2 Å². The molecule has 0 aromatic rings. The molecular weight excluding hydrogens is 244 g/mol. The molecule has 0 bridgehead atoms. The molecule has 0 saturated carbocycles. The average Bonchev–Trinajstić information content (AvgIpc) is 2.85. The minimum atomic E-state index is -0.0551. The number of nitrogens with two attached hydrogens (primary N) is 1. The molecular formula is C13H22N4O2.